The molecule has 0 aliphatic heterocycles. The fourth-order valence-electron chi connectivity index (χ4n) is 3.69. The number of anilines is 2. The number of unbranched alkanes of at least 4 members (excludes halogenated alkanes) is 1. The first kappa shape index (κ1) is 21.3. The predicted octanol–water partition coefficient (Wildman–Crippen LogP) is 5.99. The Labute approximate surface area is 167 Å². The Bertz CT molecular complexity index is 751. The van der Waals surface area contributed by atoms with Gasteiger partial charge in [0.2, 0.25) is 0 Å². The highest BCUT2D eigenvalue weighted by Crippen LogP contribution is 2.32. The first-order chi connectivity index (χ1) is 12.6. The van der Waals surface area contributed by atoms with Gasteiger partial charge >= 0.3 is 0 Å². The van der Waals surface area contributed by atoms with Crippen molar-refractivity contribution in [2.45, 2.75) is 58.8 Å². The number of rotatable bonds is 7. The average Bonchev–Trinajstić information content (AvgIpc) is 2.58. The molecule has 0 saturated carbocycles. The van der Waals surface area contributed by atoms with Crippen LogP contribution in [0.25, 0.3) is 0 Å². The van der Waals surface area contributed by atoms with E-state index in [1.54, 1.807) is 0 Å². The molecule has 0 bridgehead atoms. The van der Waals surface area contributed by atoms with E-state index < -0.39 is 0 Å². The van der Waals surface area contributed by atoms with Crippen LogP contribution in [0.1, 0.15) is 55.9 Å². The van der Waals surface area contributed by atoms with E-state index in [0.29, 0.717) is 0 Å². The van der Waals surface area contributed by atoms with E-state index in [1.807, 2.05) is 0 Å². The molecular weight excluding hydrogens is 328 g/mol. The summed E-state index contributed by atoms with van der Waals surface area (Å²) in [5.41, 5.74) is 8.53. The second-order valence-electron chi connectivity index (χ2n) is 9.22. The van der Waals surface area contributed by atoms with Crippen molar-refractivity contribution in [3.63, 3.8) is 0 Å². The molecule has 0 saturated heterocycles. The molecule has 0 spiro atoms. The number of aryl methyl sites for hydroxylation is 3. The summed E-state index contributed by atoms with van der Waals surface area (Å²) in [4.78, 5) is 4.46. The molecular formula is C25H38N2. The molecule has 0 N–H and O–H groups in total. The van der Waals surface area contributed by atoms with E-state index >= 15 is 0 Å². The normalized spacial score (nSPS) is 11.6. The molecule has 0 amide bonds. The van der Waals surface area contributed by atoms with E-state index in [1.165, 1.54) is 46.5 Å². The zero-order chi connectivity index (χ0) is 20.2. The summed E-state index contributed by atoms with van der Waals surface area (Å²) in [6.45, 7) is 9.05. The Kier molecular flexibility index (Phi) is 6.97. The molecule has 0 heterocycles. The van der Waals surface area contributed by atoms with Crippen LogP contribution >= 0.6 is 0 Å². The third-order valence-corrected chi connectivity index (χ3v) is 5.29. The number of hydrogen-bond acceptors (Lipinski definition) is 2. The van der Waals surface area contributed by atoms with Crippen LogP contribution in [-0.2, 0) is 18.3 Å². The zero-order valence-electron chi connectivity index (χ0n) is 18.7. The van der Waals surface area contributed by atoms with Crippen LogP contribution in [0.4, 0.5) is 11.4 Å². The summed E-state index contributed by atoms with van der Waals surface area (Å²) < 4.78 is 0. The fourth-order valence-corrected chi connectivity index (χ4v) is 3.69. The Morgan fingerprint density at radius 2 is 1.19 bits per heavy atom. The van der Waals surface area contributed by atoms with Crippen LogP contribution in [0, 0.1) is 6.92 Å². The fraction of sp³-hybridized carbons (Fsp3) is 0.520. The van der Waals surface area contributed by atoms with Gasteiger partial charge in [-0.05, 0) is 72.4 Å². The molecule has 27 heavy (non-hydrogen) atoms. The van der Waals surface area contributed by atoms with Crippen LogP contribution < -0.4 is 9.80 Å². The Balaban J connectivity index is 1.98. The van der Waals surface area contributed by atoms with Crippen LogP contribution in [-0.4, -0.2) is 28.2 Å². The Morgan fingerprint density at radius 1 is 0.704 bits per heavy atom. The number of hydrogen-bond donors (Lipinski definition) is 0. The molecule has 0 atom stereocenters. The molecule has 2 nitrogen and oxygen atoms in total. The SMILES string of the molecule is Cc1ccc(CCCCc2ccc(C(C)(C)C)c(N(C)C)c2)cc1N(C)C. The maximum atomic E-state index is 2.39. The Hall–Kier alpha value is -1.96. The summed E-state index contributed by atoms with van der Waals surface area (Å²) in [7, 11) is 8.54. The summed E-state index contributed by atoms with van der Waals surface area (Å²) >= 11 is 0. The van der Waals surface area contributed by atoms with Crippen LogP contribution in [0.5, 0.6) is 0 Å². The predicted molar refractivity (Wildman–Crippen MR) is 122 cm³/mol. The summed E-state index contributed by atoms with van der Waals surface area (Å²) in [5, 5.41) is 0. The molecule has 0 aliphatic carbocycles. The monoisotopic (exact) mass is 366 g/mol. The third-order valence-electron chi connectivity index (χ3n) is 5.29. The van der Waals surface area contributed by atoms with Crippen molar-refractivity contribution in [1.29, 1.82) is 0 Å². The van der Waals surface area contributed by atoms with Gasteiger partial charge in [-0.25, -0.2) is 0 Å². The lowest BCUT2D eigenvalue weighted by Crippen LogP contribution is -2.19. The van der Waals surface area contributed by atoms with Crippen molar-refractivity contribution in [2.24, 2.45) is 0 Å². The summed E-state index contributed by atoms with van der Waals surface area (Å²) in [6, 6.07) is 13.9. The minimum atomic E-state index is 0.174. The number of nitrogens with zero attached hydrogens (tertiary/aromatic N) is 2. The molecule has 0 aromatic heterocycles. The highest BCUT2D eigenvalue weighted by atomic mass is 15.1. The van der Waals surface area contributed by atoms with Gasteiger partial charge in [-0.3, -0.25) is 0 Å². The quantitative estimate of drug-likeness (QED) is 0.555. The van der Waals surface area contributed by atoms with E-state index in [4.69, 9.17) is 0 Å². The topological polar surface area (TPSA) is 6.48 Å². The van der Waals surface area contributed by atoms with E-state index in [2.05, 4.69) is 102 Å². The largest absolute Gasteiger partial charge is 0.377 e. The van der Waals surface area contributed by atoms with Gasteiger partial charge in [-0.2, -0.15) is 0 Å². The maximum absolute atomic E-state index is 2.39. The molecule has 2 aromatic carbocycles. The summed E-state index contributed by atoms with van der Waals surface area (Å²) in [6.07, 6.45) is 4.76. The van der Waals surface area contributed by atoms with E-state index in [9.17, 15) is 0 Å². The van der Waals surface area contributed by atoms with Crippen LogP contribution in [0.3, 0.4) is 0 Å². The molecule has 2 heteroatoms. The molecule has 0 radical (unpaired) electrons. The van der Waals surface area contributed by atoms with Crippen molar-refractivity contribution >= 4 is 11.4 Å². The zero-order valence-corrected chi connectivity index (χ0v) is 18.7. The molecule has 2 rings (SSSR count). The van der Waals surface area contributed by atoms with Crippen molar-refractivity contribution in [3.8, 4) is 0 Å². The van der Waals surface area contributed by atoms with Gasteiger partial charge in [0.25, 0.3) is 0 Å². The van der Waals surface area contributed by atoms with Gasteiger partial charge < -0.3 is 9.80 Å². The van der Waals surface area contributed by atoms with Gasteiger partial charge in [-0.15, -0.1) is 0 Å². The lowest BCUT2D eigenvalue weighted by molar-refractivity contribution is 0.589. The lowest BCUT2D eigenvalue weighted by Gasteiger charge is -2.27. The smallest absolute Gasteiger partial charge is 0.0401 e. The van der Waals surface area contributed by atoms with Crippen molar-refractivity contribution in [1.82, 2.24) is 0 Å². The highest BCUT2D eigenvalue weighted by molar-refractivity contribution is 5.57. The third kappa shape index (κ3) is 5.76. The molecule has 2 aromatic rings. The Morgan fingerprint density at radius 3 is 1.67 bits per heavy atom. The van der Waals surface area contributed by atoms with Gasteiger partial charge in [0.05, 0.1) is 0 Å². The molecule has 0 unspecified atom stereocenters. The van der Waals surface area contributed by atoms with Gasteiger partial charge in [-0.1, -0.05) is 45.0 Å². The van der Waals surface area contributed by atoms with E-state index in [0.717, 1.165) is 12.8 Å². The molecule has 148 valence electrons. The van der Waals surface area contributed by atoms with Crippen molar-refractivity contribution in [2.75, 3.05) is 38.0 Å². The molecule has 0 aliphatic rings. The van der Waals surface area contributed by atoms with Gasteiger partial charge in [0.15, 0.2) is 0 Å². The first-order valence-corrected chi connectivity index (χ1v) is 10.2. The average molecular weight is 367 g/mol. The highest BCUT2D eigenvalue weighted by Gasteiger charge is 2.19. The summed E-state index contributed by atoms with van der Waals surface area (Å²) in [5.74, 6) is 0. The van der Waals surface area contributed by atoms with Crippen molar-refractivity contribution < 1.29 is 0 Å². The molecule has 0 fully saturated rings. The second kappa shape index (κ2) is 8.82. The van der Waals surface area contributed by atoms with Crippen LogP contribution in [0.2, 0.25) is 0 Å². The standard InChI is InChI=1S/C25H38N2/c1-19-13-14-20(17-23(19)26(5)6)11-9-10-12-21-15-16-22(25(2,3)4)24(18-21)27(7)8/h13-18H,9-12H2,1-8H3. The van der Waals surface area contributed by atoms with E-state index in [-0.39, 0.29) is 5.41 Å². The second-order valence-corrected chi connectivity index (χ2v) is 9.22. The number of benzene rings is 2. The van der Waals surface area contributed by atoms with Gasteiger partial charge in [0.1, 0.15) is 0 Å². The van der Waals surface area contributed by atoms with Crippen LogP contribution in [0.15, 0.2) is 36.4 Å². The first-order valence-electron chi connectivity index (χ1n) is 10.2. The van der Waals surface area contributed by atoms with Gasteiger partial charge in [0, 0.05) is 39.6 Å². The minimum Gasteiger partial charge on any atom is -0.377 e. The van der Waals surface area contributed by atoms with Crippen molar-refractivity contribution in [3.05, 3.63) is 58.7 Å². The minimum absolute atomic E-state index is 0.174. The maximum Gasteiger partial charge on any atom is 0.0401 e. The lowest BCUT2D eigenvalue weighted by atomic mass is 9.84.